The Labute approximate surface area is 134 Å². The van der Waals surface area contributed by atoms with Gasteiger partial charge in [-0.2, -0.15) is 5.10 Å². The summed E-state index contributed by atoms with van der Waals surface area (Å²) in [6.45, 7) is 0. The Bertz CT molecular complexity index is 699. The van der Waals surface area contributed by atoms with Crippen molar-refractivity contribution in [1.82, 2.24) is 5.43 Å². The second-order valence-corrected chi connectivity index (χ2v) is 5.30. The average molecular weight is 395 g/mol. The van der Waals surface area contributed by atoms with E-state index in [1.807, 2.05) is 24.3 Å². The summed E-state index contributed by atoms with van der Waals surface area (Å²) in [4.78, 5) is 21.8. The summed E-state index contributed by atoms with van der Waals surface area (Å²) in [5, 5.41) is 14.4. The van der Waals surface area contributed by atoms with Gasteiger partial charge in [0.15, 0.2) is 0 Å². The molecule has 0 radical (unpaired) electrons. The maximum Gasteiger partial charge on any atom is 0.271 e. The molecule has 2 aromatic rings. The minimum absolute atomic E-state index is 0.0612. The molecule has 0 bridgehead atoms. The van der Waals surface area contributed by atoms with Crippen LogP contribution in [0.15, 0.2) is 53.6 Å². The molecule has 7 heteroatoms. The number of carbonyl (C=O) groups is 1. The minimum Gasteiger partial charge on any atom is -0.267 e. The van der Waals surface area contributed by atoms with Gasteiger partial charge in [0.2, 0.25) is 0 Å². The van der Waals surface area contributed by atoms with Crippen molar-refractivity contribution in [2.45, 2.75) is 0 Å². The molecule has 0 fully saturated rings. The summed E-state index contributed by atoms with van der Waals surface area (Å²) in [7, 11) is 0. The summed E-state index contributed by atoms with van der Waals surface area (Å²) >= 11 is 2.18. The summed E-state index contributed by atoms with van der Waals surface area (Å²) in [5.41, 5.74) is 3.49. The van der Waals surface area contributed by atoms with E-state index in [-0.39, 0.29) is 5.69 Å². The van der Waals surface area contributed by atoms with E-state index in [1.54, 1.807) is 0 Å². The van der Waals surface area contributed by atoms with E-state index < -0.39 is 10.8 Å². The normalized spacial score (nSPS) is 10.5. The number of halogens is 1. The van der Waals surface area contributed by atoms with Crippen molar-refractivity contribution in [3.8, 4) is 0 Å². The number of carbonyl (C=O) groups excluding carboxylic acids is 1. The smallest absolute Gasteiger partial charge is 0.267 e. The van der Waals surface area contributed by atoms with E-state index in [1.165, 1.54) is 30.5 Å². The van der Waals surface area contributed by atoms with Crippen molar-refractivity contribution in [2.75, 3.05) is 0 Å². The number of non-ortho nitro benzene ring substituents is 1. The van der Waals surface area contributed by atoms with Crippen LogP contribution in [0.2, 0.25) is 0 Å². The van der Waals surface area contributed by atoms with Crippen LogP contribution in [-0.4, -0.2) is 17.0 Å². The second-order valence-electron chi connectivity index (χ2n) is 4.06. The first-order valence-electron chi connectivity index (χ1n) is 5.90. The fraction of sp³-hybridized carbons (Fsp3) is 0. The van der Waals surface area contributed by atoms with Gasteiger partial charge in [-0.25, -0.2) is 5.43 Å². The molecule has 21 heavy (non-hydrogen) atoms. The predicted octanol–water partition coefficient (Wildman–Crippen LogP) is 2.96. The lowest BCUT2D eigenvalue weighted by Gasteiger charge is -1.99. The summed E-state index contributed by atoms with van der Waals surface area (Å²) < 4.78 is 1.07. The van der Waals surface area contributed by atoms with Crippen LogP contribution >= 0.6 is 22.6 Å². The number of amides is 1. The molecule has 0 aliphatic heterocycles. The summed E-state index contributed by atoms with van der Waals surface area (Å²) in [6, 6.07) is 12.9. The van der Waals surface area contributed by atoms with Crippen molar-refractivity contribution < 1.29 is 9.72 Å². The topological polar surface area (TPSA) is 84.6 Å². The van der Waals surface area contributed by atoms with E-state index in [4.69, 9.17) is 0 Å². The van der Waals surface area contributed by atoms with Crippen LogP contribution in [0.1, 0.15) is 15.9 Å². The average Bonchev–Trinajstić information content (AvgIpc) is 2.47. The molecule has 0 aliphatic rings. The Balaban J connectivity index is 2.00. The summed E-state index contributed by atoms with van der Waals surface area (Å²) in [5.74, 6) is -0.424. The number of benzene rings is 2. The number of nitrogens with zero attached hydrogens (tertiary/aromatic N) is 2. The van der Waals surface area contributed by atoms with Crippen LogP contribution in [0, 0.1) is 13.7 Å². The zero-order chi connectivity index (χ0) is 15.2. The first kappa shape index (κ1) is 15.1. The zero-order valence-electron chi connectivity index (χ0n) is 10.7. The molecule has 1 N–H and O–H groups in total. The van der Waals surface area contributed by atoms with Gasteiger partial charge < -0.3 is 0 Å². The Kier molecular flexibility index (Phi) is 4.99. The fourth-order valence-electron chi connectivity index (χ4n) is 1.55. The third-order valence-electron chi connectivity index (χ3n) is 2.57. The molecule has 0 aliphatic carbocycles. The van der Waals surface area contributed by atoms with Crippen molar-refractivity contribution in [2.24, 2.45) is 5.10 Å². The minimum atomic E-state index is -0.517. The Hall–Kier alpha value is -2.29. The van der Waals surface area contributed by atoms with Crippen LogP contribution in [-0.2, 0) is 0 Å². The van der Waals surface area contributed by atoms with E-state index in [2.05, 4.69) is 33.1 Å². The Morgan fingerprint density at radius 2 is 1.95 bits per heavy atom. The standard InChI is InChI=1S/C14H10IN3O3/c15-12-3-1-2-10(8-12)9-16-17-14(19)11-4-6-13(7-5-11)18(20)21/h1-9H,(H,17,19). The van der Waals surface area contributed by atoms with E-state index >= 15 is 0 Å². The van der Waals surface area contributed by atoms with Crippen LogP contribution in [0.5, 0.6) is 0 Å². The maximum absolute atomic E-state index is 11.8. The predicted molar refractivity (Wildman–Crippen MR) is 87.3 cm³/mol. The lowest BCUT2D eigenvalue weighted by atomic mass is 10.2. The molecule has 0 unspecified atom stereocenters. The van der Waals surface area contributed by atoms with Gasteiger partial charge in [-0.1, -0.05) is 12.1 Å². The molecule has 2 rings (SSSR count). The number of nitrogens with one attached hydrogen (secondary N) is 1. The van der Waals surface area contributed by atoms with Crippen LogP contribution in [0.25, 0.3) is 0 Å². The molecule has 0 atom stereocenters. The van der Waals surface area contributed by atoms with Gasteiger partial charge in [0.25, 0.3) is 11.6 Å². The number of rotatable bonds is 4. The molecule has 0 saturated carbocycles. The number of hydrogen-bond donors (Lipinski definition) is 1. The van der Waals surface area contributed by atoms with Gasteiger partial charge >= 0.3 is 0 Å². The van der Waals surface area contributed by atoms with Gasteiger partial charge in [-0.3, -0.25) is 14.9 Å². The fourth-order valence-corrected chi connectivity index (χ4v) is 2.12. The van der Waals surface area contributed by atoms with Gasteiger partial charge in [0, 0.05) is 21.3 Å². The third kappa shape index (κ3) is 4.35. The molecule has 0 saturated heterocycles. The highest BCUT2D eigenvalue weighted by atomic mass is 127. The van der Waals surface area contributed by atoms with Crippen molar-refractivity contribution in [3.05, 3.63) is 73.3 Å². The molecule has 6 nitrogen and oxygen atoms in total. The SMILES string of the molecule is O=C(NN=Cc1cccc(I)c1)c1ccc([N+](=O)[O-])cc1. The first-order valence-corrected chi connectivity index (χ1v) is 6.97. The number of hydrazone groups is 1. The third-order valence-corrected chi connectivity index (χ3v) is 3.24. The monoisotopic (exact) mass is 395 g/mol. The van der Waals surface area contributed by atoms with Crippen molar-refractivity contribution in [1.29, 1.82) is 0 Å². The second kappa shape index (κ2) is 6.93. The molecule has 0 spiro atoms. The van der Waals surface area contributed by atoms with Gasteiger partial charge in [0.1, 0.15) is 0 Å². The largest absolute Gasteiger partial charge is 0.271 e. The van der Waals surface area contributed by atoms with Gasteiger partial charge in [0.05, 0.1) is 11.1 Å². The van der Waals surface area contributed by atoms with E-state index in [9.17, 15) is 14.9 Å². The van der Waals surface area contributed by atoms with Gasteiger partial charge in [-0.05, 0) is 52.4 Å². The molecule has 106 valence electrons. The van der Waals surface area contributed by atoms with Crippen molar-refractivity contribution >= 4 is 40.4 Å². The lowest BCUT2D eigenvalue weighted by Crippen LogP contribution is -2.17. The Morgan fingerprint density at radius 1 is 1.24 bits per heavy atom. The zero-order valence-corrected chi connectivity index (χ0v) is 12.9. The molecule has 0 heterocycles. The highest BCUT2D eigenvalue weighted by molar-refractivity contribution is 14.1. The summed E-state index contributed by atoms with van der Waals surface area (Å²) in [6.07, 6.45) is 1.53. The van der Waals surface area contributed by atoms with Gasteiger partial charge in [-0.15, -0.1) is 0 Å². The number of nitro benzene ring substituents is 1. The Morgan fingerprint density at radius 3 is 2.57 bits per heavy atom. The molecule has 1 amide bonds. The molecule has 2 aromatic carbocycles. The highest BCUT2D eigenvalue weighted by Gasteiger charge is 2.08. The molecule has 0 aromatic heterocycles. The lowest BCUT2D eigenvalue weighted by molar-refractivity contribution is -0.384. The van der Waals surface area contributed by atoms with Crippen molar-refractivity contribution in [3.63, 3.8) is 0 Å². The molecular formula is C14H10IN3O3. The number of hydrogen-bond acceptors (Lipinski definition) is 4. The maximum atomic E-state index is 11.8. The number of nitro groups is 1. The first-order chi connectivity index (χ1) is 10.1. The van der Waals surface area contributed by atoms with Crippen LogP contribution in [0.4, 0.5) is 5.69 Å². The quantitative estimate of drug-likeness (QED) is 0.374. The van der Waals surface area contributed by atoms with E-state index in [0.29, 0.717) is 5.56 Å². The highest BCUT2D eigenvalue weighted by Crippen LogP contribution is 2.11. The van der Waals surface area contributed by atoms with E-state index in [0.717, 1.165) is 9.13 Å². The molecular weight excluding hydrogens is 385 g/mol. The van der Waals surface area contributed by atoms with Crippen LogP contribution < -0.4 is 5.43 Å². The van der Waals surface area contributed by atoms with Crippen LogP contribution in [0.3, 0.4) is 0 Å².